The van der Waals surface area contributed by atoms with Crippen molar-refractivity contribution in [3.63, 3.8) is 0 Å². The molecule has 0 saturated heterocycles. The molecule has 15 heavy (non-hydrogen) atoms. The van der Waals surface area contributed by atoms with Gasteiger partial charge in [-0.1, -0.05) is 32.0 Å². The van der Waals surface area contributed by atoms with Crippen LogP contribution in [0.5, 0.6) is 0 Å². The highest BCUT2D eigenvalue weighted by Gasteiger charge is 2.09. The van der Waals surface area contributed by atoms with Crippen molar-refractivity contribution in [1.82, 2.24) is 4.57 Å². The summed E-state index contributed by atoms with van der Waals surface area (Å²) in [4.78, 5) is 0. The Bertz CT molecular complexity index is 515. The van der Waals surface area contributed by atoms with E-state index in [2.05, 4.69) is 38.2 Å². The Hall–Kier alpha value is -1.75. The number of hydrogen-bond acceptors (Lipinski definition) is 1. The molecule has 1 heterocycles. The second-order valence-corrected chi connectivity index (χ2v) is 4.04. The van der Waals surface area contributed by atoms with Gasteiger partial charge >= 0.3 is 0 Å². The van der Waals surface area contributed by atoms with Gasteiger partial charge < -0.3 is 4.57 Å². The average molecular weight is 198 g/mol. The Morgan fingerprint density at radius 1 is 1.33 bits per heavy atom. The van der Waals surface area contributed by atoms with Crippen molar-refractivity contribution in [3.8, 4) is 6.07 Å². The average Bonchev–Trinajstić information content (AvgIpc) is 2.59. The van der Waals surface area contributed by atoms with Crippen LogP contribution in [0.25, 0.3) is 10.9 Å². The molecule has 0 spiro atoms. The van der Waals surface area contributed by atoms with Crippen molar-refractivity contribution in [3.05, 3.63) is 36.0 Å². The van der Waals surface area contributed by atoms with E-state index >= 15 is 0 Å². The summed E-state index contributed by atoms with van der Waals surface area (Å²) < 4.78 is 2.02. The first-order valence-electron chi connectivity index (χ1n) is 5.18. The zero-order chi connectivity index (χ0) is 10.8. The second kappa shape index (κ2) is 3.78. The fraction of sp³-hybridized carbons (Fsp3) is 0.308. The number of nitriles is 1. The zero-order valence-corrected chi connectivity index (χ0v) is 9.07. The van der Waals surface area contributed by atoms with E-state index in [1.807, 2.05) is 16.7 Å². The van der Waals surface area contributed by atoms with Gasteiger partial charge in [-0.25, -0.2) is 0 Å². The predicted octanol–water partition coefficient (Wildman–Crippen LogP) is 3.29. The van der Waals surface area contributed by atoms with Gasteiger partial charge in [0.15, 0.2) is 0 Å². The number of nitrogens with zero attached hydrogens (tertiary/aromatic N) is 2. The topological polar surface area (TPSA) is 28.7 Å². The van der Waals surface area contributed by atoms with Gasteiger partial charge in [0.05, 0.1) is 6.07 Å². The SMILES string of the molecule is CC(C)c1cn(CC#N)c2ccccc12. The molecule has 2 heteroatoms. The largest absolute Gasteiger partial charge is 0.333 e. The summed E-state index contributed by atoms with van der Waals surface area (Å²) in [7, 11) is 0. The molecule has 0 unspecified atom stereocenters. The lowest BCUT2D eigenvalue weighted by molar-refractivity contribution is 0.831. The van der Waals surface area contributed by atoms with E-state index in [4.69, 9.17) is 5.26 Å². The van der Waals surface area contributed by atoms with Crippen molar-refractivity contribution < 1.29 is 0 Å². The highest BCUT2D eigenvalue weighted by Crippen LogP contribution is 2.27. The standard InChI is InChI=1S/C13H14N2/c1-10(2)12-9-15(8-7-14)13-6-4-3-5-11(12)13/h3-6,9-10H,8H2,1-2H3. The van der Waals surface area contributed by atoms with Gasteiger partial charge in [0, 0.05) is 17.1 Å². The molecule has 0 N–H and O–H groups in total. The Kier molecular flexibility index (Phi) is 2.47. The number of para-hydroxylation sites is 1. The summed E-state index contributed by atoms with van der Waals surface area (Å²) in [5.74, 6) is 0.495. The normalized spacial score (nSPS) is 10.8. The molecular formula is C13H14N2. The van der Waals surface area contributed by atoms with Crippen LogP contribution in [0.4, 0.5) is 0 Å². The Morgan fingerprint density at radius 2 is 2.07 bits per heavy atom. The molecule has 0 aliphatic carbocycles. The fourth-order valence-corrected chi connectivity index (χ4v) is 1.94. The van der Waals surface area contributed by atoms with Crippen LogP contribution in [-0.2, 0) is 6.54 Å². The molecule has 0 amide bonds. The minimum atomic E-state index is 0.424. The van der Waals surface area contributed by atoms with Gasteiger partial charge in [0.1, 0.15) is 6.54 Å². The maximum atomic E-state index is 8.76. The molecule has 0 saturated carbocycles. The molecule has 0 fully saturated rings. The lowest BCUT2D eigenvalue weighted by Crippen LogP contribution is -1.92. The third-order valence-electron chi connectivity index (χ3n) is 2.68. The first-order chi connectivity index (χ1) is 7.24. The summed E-state index contributed by atoms with van der Waals surface area (Å²) in [5, 5.41) is 10.0. The fourth-order valence-electron chi connectivity index (χ4n) is 1.94. The van der Waals surface area contributed by atoms with Crippen LogP contribution in [0.1, 0.15) is 25.3 Å². The third-order valence-corrected chi connectivity index (χ3v) is 2.68. The van der Waals surface area contributed by atoms with E-state index in [9.17, 15) is 0 Å². The Labute approximate surface area is 89.7 Å². The van der Waals surface area contributed by atoms with Crippen LogP contribution in [0.2, 0.25) is 0 Å². The smallest absolute Gasteiger partial charge is 0.110 e. The van der Waals surface area contributed by atoms with Gasteiger partial charge in [-0.05, 0) is 17.5 Å². The Balaban J connectivity index is 2.69. The van der Waals surface area contributed by atoms with Crippen LogP contribution in [0, 0.1) is 11.3 Å². The molecule has 0 radical (unpaired) electrons. The first-order valence-corrected chi connectivity index (χ1v) is 5.18. The number of benzene rings is 1. The number of rotatable bonds is 2. The first kappa shape index (κ1) is 9.79. The molecule has 2 nitrogen and oxygen atoms in total. The van der Waals surface area contributed by atoms with Crippen LogP contribution >= 0.6 is 0 Å². The van der Waals surface area contributed by atoms with E-state index < -0.39 is 0 Å². The second-order valence-electron chi connectivity index (χ2n) is 4.04. The van der Waals surface area contributed by atoms with Gasteiger partial charge in [-0.3, -0.25) is 0 Å². The van der Waals surface area contributed by atoms with E-state index in [-0.39, 0.29) is 0 Å². The minimum absolute atomic E-state index is 0.424. The number of hydrogen-bond donors (Lipinski definition) is 0. The highest BCUT2D eigenvalue weighted by molar-refractivity contribution is 5.84. The van der Waals surface area contributed by atoms with Crippen molar-refractivity contribution in [2.75, 3.05) is 0 Å². The highest BCUT2D eigenvalue weighted by atomic mass is 15.0. The maximum absolute atomic E-state index is 8.76. The summed E-state index contributed by atoms with van der Waals surface area (Å²) in [5.41, 5.74) is 2.48. The van der Waals surface area contributed by atoms with E-state index in [1.165, 1.54) is 10.9 Å². The molecule has 0 aliphatic rings. The number of fused-ring (bicyclic) bond motifs is 1. The van der Waals surface area contributed by atoms with Crippen molar-refractivity contribution >= 4 is 10.9 Å². The van der Waals surface area contributed by atoms with E-state index in [1.54, 1.807) is 0 Å². The van der Waals surface area contributed by atoms with Gasteiger partial charge in [0.25, 0.3) is 0 Å². The molecule has 76 valence electrons. The van der Waals surface area contributed by atoms with E-state index in [0.29, 0.717) is 12.5 Å². The minimum Gasteiger partial charge on any atom is -0.333 e. The van der Waals surface area contributed by atoms with Crippen molar-refractivity contribution in [2.24, 2.45) is 0 Å². The van der Waals surface area contributed by atoms with Crippen LogP contribution in [0.3, 0.4) is 0 Å². The third kappa shape index (κ3) is 1.61. The van der Waals surface area contributed by atoms with Gasteiger partial charge in [0.2, 0.25) is 0 Å². The molecule has 2 rings (SSSR count). The van der Waals surface area contributed by atoms with Crippen LogP contribution in [0.15, 0.2) is 30.5 Å². The lowest BCUT2D eigenvalue weighted by Gasteiger charge is -2.00. The van der Waals surface area contributed by atoms with Crippen LogP contribution in [-0.4, -0.2) is 4.57 Å². The Morgan fingerprint density at radius 3 is 2.73 bits per heavy atom. The summed E-state index contributed by atoms with van der Waals surface area (Å²) in [6.07, 6.45) is 2.10. The van der Waals surface area contributed by atoms with Crippen molar-refractivity contribution in [1.29, 1.82) is 5.26 Å². The van der Waals surface area contributed by atoms with E-state index in [0.717, 1.165) is 5.52 Å². The maximum Gasteiger partial charge on any atom is 0.110 e. The molecule has 0 aliphatic heterocycles. The summed E-state index contributed by atoms with van der Waals surface area (Å²) >= 11 is 0. The predicted molar refractivity (Wildman–Crippen MR) is 61.6 cm³/mol. The van der Waals surface area contributed by atoms with Crippen LogP contribution < -0.4 is 0 Å². The summed E-state index contributed by atoms with van der Waals surface area (Å²) in [6.45, 7) is 4.78. The lowest BCUT2D eigenvalue weighted by atomic mass is 10.0. The number of aromatic nitrogens is 1. The quantitative estimate of drug-likeness (QED) is 0.727. The van der Waals surface area contributed by atoms with Gasteiger partial charge in [-0.15, -0.1) is 0 Å². The molecular weight excluding hydrogens is 184 g/mol. The summed E-state index contributed by atoms with van der Waals surface area (Å²) in [6, 6.07) is 10.4. The molecule has 1 aromatic heterocycles. The molecule has 0 bridgehead atoms. The molecule has 0 atom stereocenters. The van der Waals surface area contributed by atoms with Gasteiger partial charge in [-0.2, -0.15) is 5.26 Å². The molecule has 1 aromatic carbocycles. The van der Waals surface area contributed by atoms with Crippen molar-refractivity contribution in [2.45, 2.75) is 26.3 Å². The zero-order valence-electron chi connectivity index (χ0n) is 9.07. The monoisotopic (exact) mass is 198 g/mol. The molecule has 2 aromatic rings.